The molecule has 1 aromatic rings. The molecule has 1 aliphatic carbocycles. The minimum absolute atomic E-state index is 0.336. The second-order valence-corrected chi connectivity index (χ2v) is 13.5. The molecule has 2 rings (SSSR count). The Morgan fingerprint density at radius 2 is 1.52 bits per heavy atom. The summed E-state index contributed by atoms with van der Waals surface area (Å²) in [5, 5.41) is -0.397. The normalized spacial score (nSPS) is 21.5. The summed E-state index contributed by atoms with van der Waals surface area (Å²) in [6.07, 6.45) is 5.12. The Hall–Kier alpha value is -1.00. The van der Waals surface area contributed by atoms with Crippen LogP contribution in [0.1, 0.15) is 63.5 Å². The van der Waals surface area contributed by atoms with Gasteiger partial charge in [-0.15, -0.1) is 0 Å². The zero-order chi connectivity index (χ0) is 23.2. The summed E-state index contributed by atoms with van der Waals surface area (Å²) in [6, 6.07) is 8.52. The van der Waals surface area contributed by atoms with Crippen molar-refractivity contribution in [2.45, 2.75) is 64.0 Å². The molecule has 1 aliphatic rings. The van der Waals surface area contributed by atoms with Crippen molar-refractivity contribution in [3.8, 4) is 0 Å². The molecular formula is C22H39N3O4S2. The fourth-order valence-electron chi connectivity index (χ4n) is 4.01. The SMILES string of the molecule is CC(CNS(=O)(=O)C(C)C)C1CCC(c2ccc(CCNS(=O)(=O)N(C)C)cc2)CC1. The van der Waals surface area contributed by atoms with Crippen LogP contribution in [0.3, 0.4) is 0 Å². The van der Waals surface area contributed by atoms with Gasteiger partial charge < -0.3 is 0 Å². The van der Waals surface area contributed by atoms with Gasteiger partial charge in [0.2, 0.25) is 10.0 Å². The molecule has 0 bridgehead atoms. The maximum Gasteiger partial charge on any atom is 0.278 e. The van der Waals surface area contributed by atoms with Gasteiger partial charge in [-0.2, -0.15) is 12.7 Å². The highest BCUT2D eigenvalue weighted by molar-refractivity contribution is 7.90. The number of benzene rings is 1. The Labute approximate surface area is 189 Å². The van der Waals surface area contributed by atoms with Gasteiger partial charge in [0.25, 0.3) is 10.2 Å². The molecule has 0 aromatic heterocycles. The van der Waals surface area contributed by atoms with Crippen molar-refractivity contribution in [1.29, 1.82) is 0 Å². The first-order valence-corrected chi connectivity index (χ1v) is 14.2. The average molecular weight is 474 g/mol. The number of rotatable bonds is 11. The first kappa shape index (κ1) is 26.3. The molecule has 0 aliphatic heterocycles. The van der Waals surface area contributed by atoms with E-state index in [1.54, 1.807) is 13.8 Å². The van der Waals surface area contributed by atoms with Gasteiger partial charge in [-0.1, -0.05) is 31.2 Å². The third kappa shape index (κ3) is 7.82. The van der Waals surface area contributed by atoms with Crippen molar-refractivity contribution in [2.75, 3.05) is 27.2 Å². The molecule has 31 heavy (non-hydrogen) atoms. The Bertz CT molecular complexity index is 889. The van der Waals surface area contributed by atoms with Gasteiger partial charge in [-0.25, -0.2) is 17.9 Å². The highest BCUT2D eigenvalue weighted by atomic mass is 32.2. The lowest BCUT2D eigenvalue weighted by Crippen LogP contribution is -2.36. The van der Waals surface area contributed by atoms with Crippen LogP contribution in [0, 0.1) is 11.8 Å². The topological polar surface area (TPSA) is 95.6 Å². The Balaban J connectivity index is 1.79. The van der Waals surface area contributed by atoms with E-state index in [1.165, 1.54) is 24.0 Å². The molecule has 7 nitrogen and oxygen atoms in total. The van der Waals surface area contributed by atoms with Crippen LogP contribution < -0.4 is 9.44 Å². The predicted molar refractivity (Wildman–Crippen MR) is 127 cm³/mol. The summed E-state index contributed by atoms with van der Waals surface area (Å²) in [4.78, 5) is 0. The van der Waals surface area contributed by atoms with E-state index in [2.05, 4.69) is 40.6 Å². The minimum Gasteiger partial charge on any atom is -0.215 e. The van der Waals surface area contributed by atoms with Crippen LogP contribution in [0.25, 0.3) is 0 Å². The van der Waals surface area contributed by atoms with Crippen LogP contribution in [0.2, 0.25) is 0 Å². The van der Waals surface area contributed by atoms with Gasteiger partial charge >= 0.3 is 0 Å². The molecule has 1 atom stereocenters. The average Bonchev–Trinajstić information content (AvgIpc) is 2.72. The maximum absolute atomic E-state index is 12.0. The molecule has 0 spiro atoms. The minimum atomic E-state index is -3.38. The van der Waals surface area contributed by atoms with Crippen molar-refractivity contribution in [1.82, 2.24) is 13.7 Å². The summed E-state index contributed by atoms with van der Waals surface area (Å²) >= 11 is 0. The molecular weight excluding hydrogens is 434 g/mol. The number of sulfonamides is 1. The Morgan fingerprint density at radius 3 is 2.03 bits per heavy atom. The molecule has 2 N–H and O–H groups in total. The van der Waals surface area contributed by atoms with Crippen molar-refractivity contribution in [3.05, 3.63) is 35.4 Å². The van der Waals surface area contributed by atoms with Gasteiger partial charge in [0, 0.05) is 27.2 Å². The molecule has 1 unspecified atom stereocenters. The van der Waals surface area contributed by atoms with E-state index in [0.717, 1.165) is 31.2 Å². The smallest absolute Gasteiger partial charge is 0.215 e. The van der Waals surface area contributed by atoms with Crippen molar-refractivity contribution in [2.24, 2.45) is 11.8 Å². The molecule has 1 saturated carbocycles. The highest BCUT2D eigenvalue weighted by Gasteiger charge is 2.27. The van der Waals surface area contributed by atoms with E-state index >= 15 is 0 Å². The maximum atomic E-state index is 12.0. The van der Waals surface area contributed by atoms with Crippen molar-refractivity contribution in [3.63, 3.8) is 0 Å². The second kappa shape index (κ2) is 11.2. The fraction of sp³-hybridized carbons (Fsp3) is 0.727. The number of nitrogens with one attached hydrogen (secondary N) is 2. The molecule has 0 saturated heterocycles. The van der Waals surface area contributed by atoms with Crippen LogP contribution in [0.4, 0.5) is 0 Å². The number of hydrogen-bond acceptors (Lipinski definition) is 4. The van der Waals surface area contributed by atoms with Gasteiger partial charge in [0.15, 0.2) is 0 Å². The largest absolute Gasteiger partial charge is 0.278 e. The van der Waals surface area contributed by atoms with E-state index in [0.29, 0.717) is 37.3 Å². The van der Waals surface area contributed by atoms with E-state index in [9.17, 15) is 16.8 Å². The zero-order valence-corrected chi connectivity index (χ0v) is 21.1. The monoisotopic (exact) mass is 473 g/mol. The van der Waals surface area contributed by atoms with Crippen LogP contribution >= 0.6 is 0 Å². The molecule has 9 heteroatoms. The van der Waals surface area contributed by atoms with E-state index in [4.69, 9.17) is 0 Å². The van der Waals surface area contributed by atoms with Crippen LogP contribution in [0.15, 0.2) is 24.3 Å². The zero-order valence-electron chi connectivity index (χ0n) is 19.5. The van der Waals surface area contributed by atoms with Crippen molar-refractivity contribution >= 4 is 20.2 Å². The third-order valence-corrected chi connectivity index (χ3v) is 9.77. The summed E-state index contributed by atoms with van der Waals surface area (Å²) in [5.74, 6) is 1.43. The van der Waals surface area contributed by atoms with Gasteiger partial charge in [0.1, 0.15) is 0 Å². The number of hydrogen-bond donors (Lipinski definition) is 2. The van der Waals surface area contributed by atoms with E-state index in [1.807, 2.05) is 0 Å². The highest BCUT2D eigenvalue weighted by Crippen LogP contribution is 2.38. The fourth-order valence-corrected chi connectivity index (χ4v) is 5.46. The molecule has 1 aromatic carbocycles. The first-order valence-electron chi connectivity index (χ1n) is 11.2. The van der Waals surface area contributed by atoms with Crippen LogP contribution in [-0.4, -0.2) is 53.6 Å². The molecule has 1 fully saturated rings. The first-order chi connectivity index (χ1) is 14.4. The lowest BCUT2D eigenvalue weighted by atomic mass is 9.74. The molecule has 0 amide bonds. The summed E-state index contributed by atoms with van der Waals surface area (Å²) < 4.78 is 54.0. The molecule has 178 valence electrons. The summed E-state index contributed by atoms with van der Waals surface area (Å²) in [6.45, 7) is 6.44. The van der Waals surface area contributed by atoms with Crippen LogP contribution in [-0.2, 0) is 26.7 Å². The number of nitrogens with zero attached hydrogens (tertiary/aromatic N) is 1. The quantitative estimate of drug-likeness (QED) is 0.517. The van der Waals surface area contributed by atoms with Crippen LogP contribution in [0.5, 0.6) is 0 Å². The van der Waals surface area contributed by atoms with Gasteiger partial charge in [-0.05, 0) is 74.8 Å². The summed E-state index contributed by atoms with van der Waals surface area (Å²) in [5.41, 5.74) is 2.45. The molecule has 0 radical (unpaired) electrons. The van der Waals surface area contributed by atoms with E-state index < -0.39 is 25.5 Å². The lowest BCUT2D eigenvalue weighted by molar-refractivity contribution is 0.246. The predicted octanol–water partition coefficient (Wildman–Crippen LogP) is 2.86. The Kier molecular flexibility index (Phi) is 9.51. The standard InChI is InChI=1S/C22H39N3O4S2/c1-17(2)30(26,27)24-16-18(3)20-10-12-22(13-11-20)21-8-6-19(7-9-21)14-15-23-31(28,29)25(4)5/h6-9,17-18,20,22-24H,10-16H2,1-5H3. The molecule has 0 heterocycles. The Morgan fingerprint density at radius 1 is 0.935 bits per heavy atom. The lowest BCUT2D eigenvalue weighted by Gasteiger charge is -2.32. The van der Waals surface area contributed by atoms with Gasteiger partial charge in [0.05, 0.1) is 5.25 Å². The van der Waals surface area contributed by atoms with Gasteiger partial charge in [-0.3, -0.25) is 0 Å². The van der Waals surface area contributed by atoms with E-state index in [-0.39, 0.29) is 0 Å². The third-order valence-electron chi connectivity index (χ3n) is 6.43. The summed E-state index contributed by atoms with van der Waals surface area (Å²) in [7, 11) is -3.56. The second-order valence-electron chi connectivity index (χ2n) is 9.20. The van der Waals surface area contributed by atoms with Crippen molar-refractivity contribution < 1.29 is 16.8 Å².